The molecule has 7 heteroatoms. The van der Waals surface area contributed by atoms with Crippen LogP contribution in [0.5, 0.6) is 5.75 Å². The Labute approximate surface area is 170 Å². The highest BCUT2D eigenvalue weighted by Crippen LogP contribution is 2.16. The summed E-state index contributed by atoms with van der Waals surface area (Å²) in [5.74, 6) is -0.140. The molecule has 1 aromatic heterocycles. The Balaban J connectivity index is 1.54. The summed E-state index contributed by atoms with van der Waals surface area (Å²) in [4.78, 5) is 41.5. The van der Waals surface area contributed by atoms with Gasteiger partial charge in [-0.25, -0.2) is 4.79 Å². The first-order valence-electron chi connectivity index (χ1n) is 9.85. The van der Waals surface area contributed by atoms with Crippen LogP contribution >= 0.6 is 0 Å². The van der Waals surface area contributed by atoms with Crippen LogP contribution in [-0.2, 0) is 4.74 Å². The number of Topliss-reactive ketones (excluding diaryl/α,β-unsaturated/α-hetero) is 1. The maximum Gasteiger partial charge on any atom is 0.338 e. The van der Waals surface area contributed by atoms with E-state index in [1.165, 1.54) is 12.3 Å². The number of hydrogen-bond acceptors (Lipinski definition) is 5. The number of ether oxygens (including phenoxy) is 2. The van der Waals surface area contributed by atoms with Gasteiger partial charge in [-0.15, -0.1) is 0 Å². The first-order chi connectivity index (χ1) is 13.9. The monoisotopic (exact) mass is 398 g/mol. The number of hydrogen-bond donors (Lipinski definition) is 1. The predicted molar refractivity (Wildman–Crippen MR) is 107 cm³/mol. The molecule has 0 atom stereocenters. The number of rotatable bonds is 8. The molecular formula is C22H26N2O5. The molecule has 1 aliphatic rings. The highest BCUT2D eigenvalue weighted by Gasteiger charge is 2.22. The van der Waals surface area contributed by atoms with Crippen molar-refractivity contribution in [3.05, 3.63) is 53.3 Å². The van der Waals surface area contributed by atoms with E-state index < -0.39 is 12.6 Å². The number of carbonyl (C=O) groups is 3. The summed E-state index contributed by atoms with van der Waals surface area (Å²) in [6, 6.07) is 8.19. The third kappa shape index (κ3) is 5.47. The van der Waals surface area contributed by atoms with E-state index in [9.17, 15) is 14.4 Å². The van der Waals surface area contributed by atoms with Crippen molar-refractivity contribution in [3.63, 3.8) is 0 Å². The molecule has 1 aromatic carbocycles. The number of esters is 1. The van der Waals surface area contributed by atoms with E-state index in [0.717, 1.165) is 25.9 Å². The third-order valence-electron chi connectivity index (χ3n) is 4.62. The number of H-pyrrole nitrogens is 1. The van der Waals surface area contributed by atoms with Gasteiger partial charge in [0.05, 0.1) is 12.2 Å². The van der Waals surface area contributed by atoms with Crippen LogP contribution in [0.25, 0.3) is 0 Å². The van der Waals surface area contributed by atoms with Crippen molar-refractivity contribution >= 4 is 17.7 Å². The average molecular weight is 398 g/mol. The molecule has 7 nitrogen and oxygen atoms in total. The molecule has 2 aromatic rings. The summed E-state index contributed by atoms with van der Waals surface area (Å²) in [7, 11) is 0. The number of carbonyl (C=O) groups excluding carboxylic acids is 3. The number of benzene rings is 1. The van der Waals surface area contributed by atoms with Crippen LogP contribution in [0.15, 0.2) is 36.5 Å². The molecule has 0 unspecified atom stereocenters. The van der Waals surface area contributed by atoms with E-state index in [0.29, 0.717) is 35.1 Å². The number of nitrogens with one attached hydrogen (secondary N) is 1. The van der Waals surface area contributed by atoms with Gasteiger partial charge in [-0.3, -0.25) is 9.59 Å². The van der Waals surface area contributed by atoms with Crippen molar-refractivity contribution in [1.82, 2.24) is 9.88 Å². The Bertz CT molecular complexity index is 881. The topological polar surface area (TPSA) is 88.7 Å². The molecule has 0 saturated carbocycles. The molecule has 2 heterocycles. The smallest absolute Gasteiger partial charge is 0.338 e. The number of aromatic amines is 1. The molecule has 0 aliphatic carbocycles. The summed E-state index contributed by atoms with van der Waals surface area (Å²) < 4.78 is 10.7. The molecule has 0 radical (unpaired) electrons. The molecule has 1 N–H and O–H groups in total. The fraction of sp³-hybridized carbons (Fsp3) is 0.409. The lowest BCUT2D eigenvalue weighted by Gasteiger charge is -2.13. The van der Waals surface area contributed by atoms with Crippen molar-refractivity contribution in [2.45, 2.75) is 26.7 Å². The molecule has 1 saturated heterocycles. The van der Waals surface area contributed by atoms with Crippen molar-refractivity contribution < 1.29 is 23.9 Å². The van der Waals surface area contributed by atoms with Crippen LogP contribution in [0.2, 0.25) is 0 Å². The zero-order valence-corrected chi connectivity index (χ0v) is 16.8. The van der Waals surface area contributed by atoms with Crippen LogP contribution in [0.1, 0.15) is 57.9 Å². The Morgan fingerprint density at radius 2 is 1.86 bits per heavy atom. The van der Waals surface area contributed by atoms with Gasteiger partial charge in [-0.1, -0.05) is 19.9 Å². The van der Waals surface area contributed by atoms with Gasteiger partial charge < -0.3 is 19.4 Å². The van der Waals surface area contributed by atoms with Gasteiger partial charge in [-0.2, -0.15) is 0 Å². The number of amides is 1. The molecule has 3 rings (SSSR count). The second-order valence-corrected chi connectivity index (χ2v) is 7.53. The van der Waals surface area contributed by atoms with Gasteiger partial charge in [0.2, 0.25) is 5.78 Å². The molecule has 0 spiro atoms. The Morgan fingerprint density at radius 1 is 1.10 bits per heavy atom. The predicted octanol–water partition coefficient (Wildman–Crippen LogP) is 3.33. The molecule has 1 aliphatic heterocycles. The molecule has 1 amide bonds. The number of aromatic nitrogens is 1. The molecule has 0 bridgehead atoms. The molecular weight excluding hydrogens is 372 g/mol. The van der Waals surface area contributed by atoms with Gasteiger partial charge >= 0.3 is 5.97 Å². The molecule has 154 valence electrons. The van der Waals surface area contributed by atoms with Crippen LogP contribution in [0.4, 0.5) is 0 Å². The lowest BCUT2D eigenvalue weighted by atomic mass is 10.2. The fourth-order valence-electron chi connectivity index (χ4n) is 3.04. The van der Waals surface area contributed by atoms with Gasteiger partial charge in [-0.05, 0) is 43.0 Å². The van der Waals surface area contributed by atoms with E-state index >= 15 is 0 Å². The number of likely N-dealkylation sites (tertiary alicyclic amines) is 1. The lowest BCUT2D eigenvalue weighted by Crippen LogP contribution is -2.27. The fourth-order valence-corrected chi connectivity index (χ4v) is 3.04. The van der Waals surface area contributed by atoms with Crippen molar-refractivity contribution in [3.8, 4) is 5.75 Å². The molecule has 1 fully saturated rings. The normalized spacial score (nSPS) is 13.6. The van der Waals surface area contributed by atoms with Gasteiger partial charge in [0, 0.05) is 24.8 Å². The van der Waals surface area contributed by atoms with Gasteiger partial charge in [0.15, 0.2) is 6.61 Å². The number of ketones is 1. The largest absolute Gasteiger partial charge is 0.493 e. The van der Waals surface area contributed by atoms with Crippen LogP contribution in [-0.4, -0.2) is 53.8 Å². The SMILES string of the molecule is CC(C)COc1cccc(C(=O)OCC(=O)c2c[nH]c(C(=O)N3CCCC3)c2)c1. The van der Waals surface area contributed by atoms with Gasteiger partial charge in [0.1, 0.15) is 11.4 Å². The van der Waals surface area contributed by atoms with Crippen molar-refractivity contribution in [1.29, 1.82) is 0 Å². The Morgan fingerprint density at radius 3 is 2.59 bits per heavy atom. The third-order valence-corrected chi connectivity index (χ3v) is 4.62. The average Bonchev–Trinajstić information content (AvgIpc) is 3.42. The van der Waals surface area contributed by atoms with E-state index in [-0.39, 0.29) is 11.7 Å². The maximum absolute atomic E-state index is 12.3. The summed E-state index contributed by atoms with van der Waals surface area (Å²) in [5.41, 5.74) is 1.00. The van der Waals surface area contributed by atoms with Gasteiger partial charge in [0.25, 0.3) is 5.91 Å². The lowest BCUT2D eigenvalue weighted by molar-refractivity contribution is 0.0474. The second kappa shape index (κ2) is 9.41. The zero-order valence-electron chi connectivity index (χ0n) is 16.8. The highest BCUT2D eigenvalue weighted by molar-refractivity contribution is 6.02. The summed E-state index contributed by atoms with van der Waals surface area (Å²) in [6.07, 6.45) is 3.47. The summed E-state index contributed by atoms with van der Waals surface area (Å²) in [6.45, 7) is 5.69. The first-order valence-corrected chi connectivity index (χ1v) is 9.85. The first kappa shape index (κ1) is 20.6. The van der Waals surface area contributed by atoms with E-state index in [1.807, 2.05) is 13.8 Å². The highest BCUT2D eigenvalue weighted by atomic mass is 16.5. The van der Waals surface area contributed by atoms with E-state index in [4.69, 9.17) is 9.47 Å². The minimum Gasteiger partial charge on any atom is -0.493 e. The number of nitrogens with zero attached hydrogens (tertiary/aromatic N) is 1. The quantitative estimate of drug-likeness (QED) is 0.544. The minimum absolute atomic E-state index is 0.114. The van der Waals surface area contributed by atoms with E-state index in [2.05, 4.69) is 4.98 Å². The van der Waals surface area contributed by atoms with Crippen LogP contribution in [0.3, 0.4) is 0 Å². The zero-order chi connectivity index (χ0) is 20.8. The standard InChI is InChI=1S/C22H26N2O5/c1-15(2)13-28-18-7-5-6-16(10-18)22(27)29-14-20(25)17-11-19(23-12-17)21(26)24-8-3-4-9-24/h5-7,10-12,15,23H,3-4,8-9,13-14H2,1-2H3. The van der Waals surface area contributed by atoms with Crippen molar-refractivity contribution in [2.75, 3.05) is 26.3 Å². The van der Waals surface area contributed by atoms with Crippen LogP contribution < -0.4 is 4.74 Å². The second-order valence-electron chi connectivity index (χ2n) is 7.53. The minimum atomic E-state index is -0.600. The van der Waals surface area contributed by atoms with E-state index in [1.54, 1.807) is 29.2 Å². The summed E-state index contributed by atoms with van der Waals surface area (Å²) in [5, 5.41) is 0. The Hall–Kier alpha value is -3.09. The Kier molecular flexibility index (Phi) is 6.69. The van der Waals surface area contributed by atoms with Crippen LogP contribution in [0, 0.1) is 5.92 Å². The molecule has 29 heavy (non-hydrogen) atoms. The van der Waals surface area contributed by atoms with Crippen molar-refractivity contribution in [2.24, 2.45) is 5.92 Å². The summed E-state index contributed by atoms with van der Waals surface area (Å²) >= 11 is 0. The maximum atomic E-state index is 12.3.